The van der Waals surface area contributed by atoms with Crippen LogP contribution in [0.25, 0.3) is 0 Å². The Balaban J connectivity index is 2.38. The molecular weight excluding hydrogens is 200 g/mol. The van der Waals surface area contributed by atoms with Crippen LogP contribution in [-0.4, -0.2) is 9.55 Å². The van der Waals surface area contributed by atoms with Crippen LogP contribution in [0.1, 0.15) is 16.7 Å². The molecule has 0 spiro atoms. The maximum Gasteiger partial charge on any atom is 0.347 e. The summed E-state index contributed by atoms with van der Waals surface area (Å²) in [6.07, 6.45) is 3.28. The molecule has 3 nitrogen and oxygen atoms in total. The summed E-state index contributed by atoms with van der Waals surface area (Å²) in [6, 6.07) is 8.03. The third-order valence-corrected chi connectivity index (χ3v) is 2.63. The van der Waals surface area contributed by atoms with E-state index in [1.165, 1.54) is 17.3 Å². The van der Waals surface area contributed by atoms with Crippen molar-refractivity contribution in [2.45, 2.75) is 20.4 Å². The quantitative estimate of drug-likeness (QED) is 0.765. The normalized spacial score (nSPS) is 10.4. The summed E-state index contributed by atoms with van der Waals surface area (Å²) in [5.74, 6) is 0. The molecule has 82 valence electrons. The lowest BCUT2D eigenvalue weighted by atomic mass is 10.1. The molecule has 2 aromatic rings. The summed E-state index contributed by atoms with van der Waals surface area (Å²) in [7, 11) is 0. The molecule has 0 amide bonds. The van der Waals surface area contributed by atoms with Gasteiger partial charge in [0.15, 0.2) is 0 Å². The maximum absolute atomic E-state index is 11.5. The minimum Gasteiger partial charge on any atom is -0.295 e. The van der Waals surface area contributed by atoms with E-state index in [-0.39, 0.29) is 5.69 Å². The zero-order valence-electron chi connectivity index (χ0n) is 9.47. The topological polar surface area (TPSA) is 34.9 Å². The van der Waals surface area contributed by atoms with Crippen molar-refractivity contribution in [1.29, 1.82) is 0 Å². The number of benzene rings is 1. The van der Waals surface area contributed by atoms with Gasteiger partial charge in [-0.15, -0.1) is 0 Å². The van der Waals surface area contributed by atoms with Gasteiger partial charge in [0, 0.05) is 12.4 Å². The van der Waals surface area contributed by atoms with Crippen molar-refractivity contribution in [3.8, 4) is 0 Å². The van der Waals surface area contributed by atoms with Gasteiger partial charge in [0.25, 0.3) is 0 Å². The molecule has 0 unspecified atom stereocenters. The van der Waals surface area contributed by atoms with Crippen molar-refractivity contribution >= 4 is 0 Å². The van der Waals surface area contributed by atoms with Crippen molar-refractivity contribution in [3.63, 3.8) is 0 Å². The van der Waals surface area contributed by atoms with E-state index >= 15 is 0 Å². The summed E-state index contributed by atoms with van der Waals surface area (Å²) in [5.41, 5.74) is 3.36. The van der Waals surface area contributed by atoms with Gasteiger partial charge in [0.1, 0.15) is 0 Å². The van der Waals surface area contributed by atoms with E-state index in [1.807, 2.05) is 0 Å². The summed E-state index contributed by atoms with van der Waals surface area (Å²) >= 11 is 0. The van der Waals surface area contributed by atoms with Crippen molar-refractivity contribution < 1.29 is 0 Å². The Labute approximate surface area is 94.4 Å². The summed E-state index contributed by atoms with van der Waals surface area (Å²) in [4.78, 5) is 15.2. The molecule has 0 bridgehead atoms. The lowest BCUT2D eigenvalue weighted by molar-refractivity contribution is 0.723. The number of nitrogens with zero attached hydrogens (tertiary/aromatic N) is 2. The monoisotopic (exact) mass is 214 g/mol. The third-order valence-electron chi connectivity index (χ3n) is 2.63. The minimum atomic E-state index is -0.205. The Kier molecular flexibility index (Phi) is 2.86. The van der Waals surface area contributed by atoms with E-state index in [4.69, 9.17) is 0 Å². The molecule has 0 atom stereocenters. The Hall–Kier alpha value is -1.90. The van der Waals surface area contributed by atoms with Crippen LogP contribution < -0.4 is 5.69 Å². The van der Waals surface area contributed by atoms with Crippen LogP contribution in [0, 0.1) is 13.8 Å². The molecule has 1 aromatic carbocycles. The Morgan fingerprint density at radius 1 is 1.31 bits per heavy atom. The van der Waals surface area contributed by atoms with E-state index in [2.05, 4.69) is 37.0 Å². The number of hydrogen-bond donors (Lipinski definition) is 0. The molecule has 3 heteroatoms. The number of aromatic nitrogens is 2. The molecule has 1 heterocycles. The van der Waals surface area contributed by atoms with Crippen LogP contribution in [0.2, 0.25) is 0 Å². The molecule has 0 radical (unpaired) electrons. The van der Waals surface area contributed by atoms with Gasteiger partial charge < -0.3 is 0 Å². The van der Waals surface area contributed by atoms with Gasteiger partial charge in [-0.25, -0.2) is 9.78 Å². The summed E-state index contributed by atoms with van der Waals surface area (Å²) in [6.45, 7) is 4.69. The van der Waals surface area contributed by atoms with Crippen LogP contribution in [-0.2, 0) is 6.54 Å². The van der Waals surface area contributed by atoms with E-state index < -0.39 is 0 Å². The minimum absolute atomic E-state index is 0.205. The highest BCUT2D eigenvalue weighted by Gasteiger charge is 2.01. The first-order valence-electron chi connectivity index (χ1n) is 5.24. The number of hydrogen-bond acceptors (Lipinski definition) is 2. The highest BCUT2D eigenvalue weighted by Crippen LogP contribution is 2.11. The molecule has 0 aliphatic carbocycles. The van der Waals surface area contributed by atoms with Crippen LogP contribution in [0.3, 0.4) is 0 Å². The molecule has 2 rings (SSSR count). The highest BCUT2D eigenvalue weighted by atomic mass is 16.1. The molecule has 0 aliphatic rings. The fourth-order valence-electron chi connectivity index (χ4n) is 1.66. The number of rotatable bonds is 2. The third kappa shape index (κ3) is 2.19. The largest absolute Gasteiger partial charge is 0.347 e. The van der Waals surface area contributed by atoms with Crippen molar-refractivity contribution in [2.24, 2.45) is 0 Å². The van der Waals surface area contributed by atoms with Crippen LogP contribution in [0.15, 0.2) is 41.5 Å². The maximum atomic E-state index is 11.5. The molecule has 0 aliphatic heterocycles. The second kappa shape index (κ2) is 4.31. The molecule has 16 heavy (non-hydrogen) atoms. The average molecular weight is 214 g/mol. The molecule has 0 saturated carbocycles. The molecule has 0 fully saturated rings. The van der Waals surface area contributed by atoms with E-state index in [1.54, 1.807) is 16.8 Å². The Morgan fingerprint density at radius 2 is 2.12 bits per heavy atom. The molecule has 1 aromatic heterocycles. The number of aryl methyl sites for hydroxylation is 2. The first-order valence-corrected chi connectivity index (χ1v) is 5.24. The fourth-order valence-corrected chi connectivity index (χ4v) is 1.66. The van der Waals surface area contributed by atoms with Gasteiger partial charge in [-0.2, -0.15) is 0 Å². The Bertz CT molecular complexity index is 558. The van der Waals surface area contributed by atoms with E-state index in [9.17, 15) is 4.79 Å². The zero-order chi connectivity index (χ0) is 11.5. The summed E-state index contributed by atoms with van der Waals surface area (Å²) in [5, 5.41) is 0. The fraction of sp³-hybridized carbons (Fsp3) is 0.231. The van der Waals surface area contributed by atoms with Gasteiger partial charge in [-0.05, 0) is 31.0 Å². The first kappa shape index (κ1) is 10.6. The predicted molar refractivity (Wildman–Crippen MR) is 63.5 cm³/mol. The van der Waals surface area contributed by atoms with E-state index in [0.717, 1.165) is 5.56 Å². The standard InChI is InChI=1S/C13H14N2O/c1-10-4-5-11(2)12(8-10)9-15-7-3-6-14-13(15)16/h3-8H,9H2,1-2H3. The zero-order valence-corrected chi connectivity index (χ0v) is 9.47. The second-order valence-electron chi connectivity index (χ2n) is 3.96. The SMILES string of the molecule is Cc1ccc(C)c(Cn2cccnc2=O)c1. The smallest absolute Gasteiger partial charge is 0.295 e. The summed E-state index contributed by atoms with van der Waals surface area (Å²) < 4.78 is 1.61. The predicted octanol–water partition coefficient (Wildman–Crippen LogP) is 1.91. The van der Waals surface area contributed by atoms with Gasteiger partial charge in [-0.1, -0.05) is 23.8 Å². The molecule has 0 saturated heterocycles. The van der Waals surface area contributed by atoms with Crippen molar-refractivity contribution in [3.05, 3.63) is 63.8 Å². The van der Waals surface area contributed by atoms with Crippen molar-refractivity contribution in [1.82, 2.24) is 9.55 Å². The van der Waals surface area contributed by atoms with Crippen LogP contribution >= 0.6 is 0 Å². The lowest BCUT2D eigenvalue weighted by Crippen LogP contribution is -2.22. The van der Waals surface area contributed by atoms with Gasteiger partial charge in [0.2, 0.25) is 0 Å². The first-order chi connectivity index (χ1) is 7.66. The van der Waals surface area contributed by atoms with Gasteiger partial charge >= 0.3 is 5.69 Å². The van der Waals surface area contributed by atoms with Crippen LogP contribution in [0.4, 0.5) is 0 Å². The van der Waals surface area contributed by atoms with E-state index in [0.29, 0.717) is 6.54 Å². The second-order valence-corrected chi connectivity index (χ2v) is 3.96. The van der Waals surface area contributed by atoms with Gasteiger partial charge in [-0.3, -0.25) is 4.57 Å². The van der Waals surface area contributed by atoms with Gasteiger partial charge in [0.05, 0.1) is 6.54 Å². The average Bonchev–Trinajstić information content (AvgIpc) is 2.27. The molecule has 0 N–H and O–H groups in total. The van der Waals surface area contributed by atoms with Crippen molar-refractivity contribution in [2.75, 3.05) is 0 Å². The lowest BCUT2D eigenvalue weighted by Gasteiger charge is -2.08. The Morgan fingerprint density at radius 3 is 2.88 bits per heavy atom. The highest BCUT2D eigenvalue weighted by molar-refractivity contribution is 5.30. The molecular formula is C13H14N2O. The van der Waals surface area contributed by atoms with Crippen LogP contribution in [0.5, 0.6) is 0 Å².